The number of rotatable bonds is 3. The molecule has 19 atom stereocenters. The van der Waals surface area contributed by atoms with Gasteiger partial charge in [0.05, 0.1) is 67.6 Å². The first-order chi connectivity index (χ1) is 26.1. The highest BCUT2D eigenvalue weighted by molar-refractivity contribution is 5.79. The Hall–Kier alpha value is -1.94. The predicted molar refractivity (Wildman–Crippen MR) is 189 cm³/mol. The van der Waals surface area contributed by atoms with Gasteiger partial charge in [-0.1, -0.05) is 20.1 Å². The summed E-state index contributed by atoms with van der Waals surface area (Å²) in [5.41, 5.74) is 2.20. The van der Waals surface area contributed by atoms with E-state index in [1.807, 2.05) is 0 Å². The Morgan fingerprint density at radius 3 is 2.37 bits per heavy atom. The number of ketones is 1. The molecule has 0 aromatic rings. The second-order valence-electron chi connectivity index (χ2n) is 17.9. The molecule has 0 aromatic heterocycles. The number of ether oxygens (including phenoxy) is 10. The summed E-state index contributed by atoms with van der Waals surface area (Å²) in [6.45, 7) is 11.6. The molecule has 12 bridgehead atoms. The molecule has 1 spiro atoms. The predicted octanol–water partition coefficient (Wildman–Crippen LogP) is 4.23. The fourth-order valence-electron chi connectivity index (χ4n) is 11.7. The van der Waals surface area contributed by atoms with Crippen molar-refractivity contribution in [3.05, 3.63) is 24.3 Å². The molecule has 1 N–H and O–H groups in total. The molecule has 11 fully saturated rings. The van der Waals surface area contributed by atoms with Crippen molar-refractivity contribution in [2.75, 3.05) is 13.7 Å². The van der Waals surface area contributed by atoms with Crippen molar-refractivity contribution < 1.29 is 57.0 Å². The minimum absolute atomic E-state index is 0.0202. The molecule has 298 valence electrons. The van der Waals surface area contributed by atoms with Crippen molar-refractivity contribution in [2.24, 2.45) is 11.8 Å². The summed E-state index contributed by atoms with van der Waals surface area (Å²) < 4.78 is 65.8. The van der Waals surface area contributed by atoms with Crippen LogP contribution in [0, 0.1) is 11.8 Å². The Balaban J connectivity index is 0.927. The topological polar surface area (TPSA) is 138 Å². The first kappa shape index (κ1) is 36.4. The van der Waals surface area contributed by atoms with Gasteiger partial charge in [0.2, 0.25) is 0 Å². The van der Waals surface area contributed by atoms with Gasteiger partial charge in [-0.3, -0.25) is 4.79 Å². The van der Waals surface area contributed by atoms with E-state index in [4.69, 9.17) is 47.4 Å². The molecule has 0 radical (unpaired) electrons. The SMILES string of the molecule is C=C1C[C@@H]2CC[C@@]34C[C@@H]5O[C@H]6[C@@H](O3)C3OC(CCC3O[C@H]6C5O4)CC(=O)C[C@@H]3[C@@H](OC)[C@@H](C[C@H]4CNC(=O)O4)O[C@H]3CC3O[C@@H](CCC1O2)C[C@@H](C)C3=C. The molecule has 0 aromatic carbocycles. The number of carbonyl (C=O) groups excluding carboxylic acids is 2. The molecule has 11 heterocycles. The van der Waals surface area contributed by atoms with E-state index in [0.717, 1.165) is 56.1 Å². The zero-order valence-corrected chi connectivity index (χ0v) is 31.6. The summed E-state index contributed by atoms with van der Waals surface area (Å²) in [4.78, 5) is 26.0. The van der Waals surface area contributed by atoms with Crippen molar-refractivity contribution in [1.82, 2.24) is 5.32 Å². The van der Waals surface area contributed by atoms with Crippen LogP contribution in [0.25, 0.3) is 0 Å². The van der Waals surface area contributed by atoms with Crippen LogP contribution in [-0.4, -0.2) is 129 Å². The van der Waals surface area contributed by atoms with Crippen LogP contribution in [-0.2, 0) is 52.2 Å². The van der Waals surface area contributed by atoms with Gasteiger partial charge in [0.25, 0.3) is 0 Å². The number of hydrogen-bond acceptors (Lipinski definition) is 12. The van der Waals surface area contributed by atoms with Gasteiger partial charge in [-0.25, -0.2) is 4.79 Å². The van der Waals surface area contributed by atoms with Crippen LogP contribution in [0.15, 0.2) is 24.3 Å². The first-order valence-electron chi connectivity index (χ1n) is 20.8. The van der Waals surface area contributed by atoms with Gasteiger partial charge in [-0.05, 0) is 62.0 Å². The van der Waals surface area contributed by atoms with Gasteiger partial charge in [0.15, 0.2) is 5.79 Å². The second kappa shape index (κ2) is 14.2. The van der Waals surface area contributed by atoms with Crippen LogP contribution in [0.5, 0.6) is 0 Å². The number of Topliss-reactive ketones (excluding diaryl/α,β-unsaturated/α-hetero) is 1. The van der Waals surface area contributed by atoms with E-state index in [2.05, 4.69) is 25.4 Å². The third-order valence-corrected chi connectivity index (χ3v) is 14.4. The quantitative estimate of drug-likeness (QED) is 0.413. The summed E-state index contributed by atoms with van der Waals surface area (Å²) in [5.74, 6) is -0.620. The van der Waals surface area contributed by atoms with Crippen LogP contribution in [0.1, 0.15) is 90.4 Å². The second-order valence-corrected chi connectivity index (χ2v) is 17.9. The lowest BCUT2D eigenvalue weighted by molar-refractivity contribution is -0.292. The zero-order chi connectivity index (χ0) is 36.9. The summed E-state index contributed by atoms with van der Waals surface area (Å²) >= 11 is 0. The standard InChI is InChI=1S/C41H57NO12/c1-19-11-23-5-7-28-20(2)12-25(46-28)9-10-41-17-33-36(53-41)37-38(52-33)39(54-41)35-29(51-37)8-6-24(48-35)13-22(43)14-27-31(16-30(47-23)21(19)3)50-32(34(27)45-4)15-26-18-42-40(44)49-26/h19,23-39H,2-3,5-18H2,1,4H3,(H,42,44)/t19-,23+,24?,25+,26+,27+,28?,29?,30?,31+,32-,33+,34-,35?,36?,37+,38-,39+,41+/m1/s1. The molecule has 0 saturated carbocycles. The molecule has 13 nitrogen and oxygen atoms in total. The summed E-state index contributed by atoms with van der Waals surface area (Å²) in [7, 11) is 1.68. The summed E-state index contributed by atoms with van der Waals surface area (Å²) in [5, 5.41) is 2.75. The average molecular weight is 756 g/mol. The number of fused-ring (bicyclic) bond motifs is 6. The van der Waals surface area contributed by atoms with Crippen molar-refractivity contribution in [1.29, 1.82) is 0 Å². The van der Waals surface area contributed by atoms with E-state index in [1.54, 1.807) is 7.11 Å². The Morgan fingerprint density at radius 1 is 0.759 bits per heavy atom. The van der Waals surface area contributed by atoms with Gasteiger partial charge in [0, 0.05) is 51.6 Å². The molecule has 11 saturated heterocycles. The lowest BCUT2D eigenvalue weighted by Crippen LogP contribution is -2.61. The molecule has 54 heavy (non-hydrogen) atoms. The summed E-state index contributed by atoms with van der Waals surface area (Å²) in [6.07, 6.45) is 4.97. The van der Waals surface area contributed by atoms with Crippen molar-refractivity contribution in [2.45, 2.75) is 194 Å². The maximum atomic E-state index is 14.2. The number of alkyl carbamates (subject to hydrolysis) is 1. The molecule has 11 aliphatic heterocycles. The highest BCUT2D eigenvalue weighted by Gasteiger charge is 2.68. The maximum absolute atomic E-state index is 14.2. The Bertz CT molecular complexity index is 1510. The Labute approximate surface area is 317 Å². The van der Waals surface area contributed by atoms with E-state index in [0.29, 0.717) is 32.2 Å². The molecule has 11 rings (SSSR count). The number of methoxy groups -OCH3 is 1. The van der Waals surface area contributed by atoms with Crippen LogP contribution < -0.4 is 5.32 Å². The van der Waals surface area contributed by atoms with Gasteiger partial charge >= 0.3 is 6.09 Å². The lowest BCUT2D eigenvalue weighted by atomic mass is 9.81. The molecular formula is C41H57NO12. The summed E-state index contributed by atoms with van der Waals surface area (Å²) in [6, 6.07) is 0. The monoisotopic (exact) mass is 755 g/mol. The molecule has 1 amide bonds. The fourth-order valence-corrected chi connectivity index (χ4v) is 11.7. The minimum atomic E-state index is -0.785. The van der Waals surface area contributed by atoms with Crippen molar-refractivity contribution >= 4 is 11.9 Å². The van der Waals surface area contributed by atoms with Crippen LogP contribution >= 0.6 is 0 Å². The zero-order valence-electron chi connectivity index (χ0n) is 31.6. The highest BCUT2D eigenvalue weighted by atomic mass is 16.8. The van der Waals surface area contributed by atoms with E-state index in [1.165, 1.54) is 0 Å². The van der Waals surface area contributed by atoms with Gasteiger partial charge in [-0.15, -0.1) is 0 Å². The Kier molecular flexibility index (Phi) is 9.55. The van der Waals surface area contributed by atoms with E-state index in [9.17, 15) is 9.59 Å². The molecule has 6 unspecified atom stereocenters. The number of hydrogen-bond donors (Lipinski definition) is 1. The van der Waals surface area contributed by atoms with E-state index < -0.39 is 11.9 Å². The fraction of sp³-hybridized carbons (Fsp3) is 0.854. The van der Waals surface area contributed by atoms with Gasteiger partial charge < -0.3 is 52.7 Å². The minimum Gasteiger partial charge on any atom is -0.444 e. The first-order valence-corrected chi connectivity index (χ1v) is 20.8. The normalized spacial score (nSPS) is 52.9. The molecule has 11 aliphatic rings. The van der Waals surface area contributed by atoms with Crippen molar-refractivity contribution in [3.8, 4) is 0 Å². The number of nitrogens with one attached hydrogen (secondary N) is 1. The smallest absolute Gasteiger partial charge is 0.407 e. The number of carbonyl (C=O) groups is 2. The Morgan fingerprint density at radius 2 is 1.54 bits per heavy atom. The molecule has 13 heteroatoms. The van der Waals surface area contributed by atoms with Crippen molar-refractivity contribution in [3.63, 3.8) is 0 Å². The number of amides is 1. The largest absolute Gasteiger partial charge is 0.444 e. The van der Waals surface area contributed by atoms with E-state index in [-0.39, 0.29) is 128 Å². The lowest BCUT2D eigenvalue weighted by Gasteiger charge is -2.47. The van der Waals surface area contributed by atoms with Crippen LogP contribution in [0.3, 0.4) is 0 Å². The third-order valence-electron chi connectivity index (χ3n) is 14.4. The molecule has 0 aliphatic carbocycles. The van der Waals surface area contributed by atoms with E-state index >= 15 is 0 Å². The van der Waals surface area contributed by atoms with Gasteiger partial charge in [0.1, 0.15) is 42.4 Å². The van der Waals surface area contributed by atoms with Crippen LogP contribution in [0.2, 0.25) is 0 Å². The average Bonchev–Trinajstić information content (AvgIpc) is 3.91. The van der Waals surface area contributed by atoms with Crippen LogP contribution in [0.4, 0.5) is 4.79 Å². The third kappa shape index (κ3) is 6.51. The highest BCUT2D eigenvalue weighted by Crippen LogP contribution is 2.54. The number of cyclic esters (lactones) is 1. The maximum Gasteiger partial charge on any atom is 0.407 e. The molecular weight excluding hydrogens is 698 g/mol. The van der Waals surface area contributed by atoms with Gasteiger partial charge in [-0.2, -0.15) is 0 Å².